The summed E-state index contributed by atoms with van der Waals surface area (Å²) in [5, 5.41) is -0.363. The maximum absolute atomic E-state index is 13.7. The van der Waals surface area contributed by atoms with Crippen molar-refractivity contribution in [3.63, 3.8) is 0 Å². The highest BCUT2D eigenvalue weighted by molar-refractivity contribution is 7.99. The van der Waals surface area contributed by atoms with Gasteiger partial charge in [0.15, 0.2) is 11.6 Å². The van der Waals surface area contributed by atoms with Crippen LogP contribution in [0.25, 0.3) is 0 Å². The van der Waals surface area contributed by atoms with E-state index in [0.29, 0.717) is 17.1 Å². The number of hydrogen-bond acceptors (Lipinski definition) is 6. The number of halogens is 1. The van der Waals surface area contributed by atoms with Crippen LogP contribution in [0.3, 0.4) is 0 Å². The van der Waals surface area contributed by atoms with Crippen LogP contribution in [0.2, 0.25) is 0 Å². The number of nitrogens with zero attached hydrogens (tertiary/aromatic N) is 1. The van der Waals surface area contributed by atoms with Crippen LogP contribution in [0.15, 0.2) is 41.0 Å². The molecule has 8 heteroatoms. The van der Waals surface area contributed by atoms with Gasteiger partial charge in [0.2, 0.25) is 5.91 Å². The first kappa shape index (κ1) is 18.3. The number of benzene rings is 1. The van der Waals surface area contributed by atoms with Crippen LogP contribution in [0.1, 0.15) is 23.6 Å². The molecule has 0 unspecified atom stereocenters. The van der Waals surface area contributed by atoms with Gasteiger partial charge in [-0.3, -0.25) is 4.79 Å². The lowest BCUT2D eigenvalue weighted by Gasteiger charge is -2.25. The third-order valence-electron chi connectivity index (χ3n) is 4.02. The number of carbonyl (C=O) groups is 2. The predicted octanol–water partition coefficient (Wildman–Crippen LogP) is 3.13. The minimum atomic E-state index is -0.712. The van der Waals surface area contributed by atoms with Crippen molar-refractivity contribution in [2.45, 2.75) is 24.9 Å². The van der Waals surface area contributed by atoms with Gasteiger partial charge in [0.1, 0.15) is 23.8 Å². The second kappa shape index (κ2) is 7.82. The zero-order valence-electron chi connectivity index (χ0n) is 14.3. The van der Waals surface area contributed by atoms with Crippen molar-refractivity contribution in [3.05, 3.63) is 53.7 Å². The first-order valence-electron chi connectivity index (χ1n) is 7.94. The molecule has 0 radical (unpaired) electrons. The van der Waals surface area contributed by atoms with Gasteiger partial charge in [-0.1, -0.05) is 6.07 Å². The topological polar surface area (TPSA) is 69.0 Å². The van der Waals surface area contributed by atoms with Crippen molar-refractivity contribution >= 4 is 23.6 Å². The van der Waals surface area contributed by atoms with E-state index in [1.807, 2.05) is 0 Å². The summed E-state index contributed by atoms with van der Waals surface area (Å²) < 4.78 is 29.2. The van der Waals surface area contributed by atoms with Gasteiger partial charge >= 0.3 is 5.97 Å². The van der Waals surface area contributed by atoms with Gasteiger partial charge in [0.25, 0.3) is 0 Å². The Balaban J connectivity index is 1.67. The van der Waals surface area contributed by atoms with Gasteiger partial charge in [-0.2, -0.15) is 0 Å². The van der Waals surface area contributed by atoms with Crippen LogP contribution in [0.4, 0.5) is 4.39 Å². The second-order valence-electron chi connectivity index (χ2n) is 5.72. The minimum absolute atomic E-state index is 0.0852. The van der Waals surface area contributed by atoms with Gasteiger partial charge in [0, 0.05) is 12.7 Å². The number of carbonyl (C=O) groups excluding carboxylic acids is 2. The molecule has 1 aromatic heterocycles. The molecule has 1 amide bonds. The Labute approximate surface area is 154 Å². The fraction of sp³-hybridized carbons (Fsp3) is 0.333. The van der Waals surface area contributed by atoms with E-state index in [1.54, 1.807) is 18.2 Å². The van der Waals surface area contributed by atoms with E-state index in [9.17, 15) is 14.0 Å². The molecule has 1 fully saturated rings. The molecule has 0 saturated carbocycles. The molecule has 0 N–H and O–H groups in total. The van der Waals surface area contributed by atoms with Crippen LogP contribution >= 0.6 is 11.8 Å². The standard InChI is InChI=1S/C18H18FNO5S/c1-11(21)20-14(10-26-17(20)16-4-3-7-24-16)18(22)25-9-12-5-6-15(23-2)13(19)8-12/h3-8,14,17H,9-10H2,1-2H3/t14-,17+/m1/s1. The summed E-state index contributed by atoms with van der Waals surface area (Å²) in [6.45, 7) is 1.32. The number of amides is 1. The molecular formula is C18H18FNO5S. The maximum atomic E-state index is 13.7. The molecule has 1 saturated heterocycles. The predicted molar refractivity (Wildman–Crippen MR) is 93.0 cm³/mol. The minimum Gasteiger partial charge on any atom is -0.494 e. The Bertz CT molecular complexity index is 795. The molecule has 3 rings (SSSR count). The van der Waals surface area contributed by atoms with Crippen molar-refractivity contribution in [1.82, 2.24) is 4.90 Å². The smallest absolute Gasteiger partial charge is 0.330 e. The first-order valence-corrected chi connectivity index (χ1v) is 8.99. The van der Waals surface area contributed by atoms with E-state index in [4.69, 9.17) is 13.9 Å². The van der Waals surface area contributed by atoms with Gasteiger partial charge in [-0.05, 0) is 29.8 Å². The third kappa shape index (κ3) is 3.70. The number of ether oxygens (including phenoxy) is 2. The molecule has 2 heterocycles. The molecule has 2 aromatic rings. The fourth-order valence-corrected chi connectivity index (χ4v) is 4.19. The highest BCUT2D eigenvalue weighted by Gasteiger charge is 2.43. The SMILES string of the molecule is COc1ccc(COC(=O)[C@H]2CS[C@@H](c3ccco3)N2C(C)=O)cc1F. The van der Waals surface area contributed by atoms with Crippen molar-refractivity contribution < 1.29 is 27.9 Å². The summed E-state index contributed by atoms with van der Waals surface area (Å²) in [5.41, 5.74) is 0.499. The summed E-state index contributed by atoms with van der Waals surface area (Å²) in [6.07, 6.45) is 1.53. The summed E-state index contributed by atoms with van der Waals surface area (Å²) in [6, 6.07) is 7.13. The molecule has 1 aliphatic heterocycles. The largest absolute Gasteiger partial charge is 0.494 e. The van der Waals surface area contributed by atoms with Gasteiger partial charge in [-0.25, -0.2) is 9.18 Å². The number of methoxy groups -OCH3 is 1. The van der Waals surface area contributed by atoms with Crippen molar-refractivity contribution in [2.24, 2.45) is 0 Å². The summed E-state index contributed by atoms with van der Waals surface area (Å²) in [7, 11) is 1.38. The zero-order chi connectivity index (χ0) is 18.7. The Morgan fingerprint density at radius 3 is 2.81 bits per heavy atom. The van der Waals surface area contributed by atoms with Crippen molar-refractivity contribution in [3.8, 4) is 5.75 Å². The quantitative estimate of drug-likeness (QED) is 0.744. The molecule has 1 aromatic carbocycles. The van der Waals surface area contributed by atoms with Crippen LogP contribution < -0.4 is 4.74 Å². The Hall–Kier alpha value is -2.48. The Kier molecular flexibility index (Phi) is 5.51. The molecule has 138 valence electrons. The van der Waals surface area contributed by atoms with E-state index in [1.165, 1.54) is 49.1 Å². The molecule has 2 atom stereocenters. The lowest BCUT2D eigenvalue weighted by Crippen LogP contribution is -2.42. The summed E-state index contributed by atoms with van der Waals surface area (Å²) >= 11 is 1.44. The Morgan fingerprint density at radius 2 is 2.19 bits per heavy atom. The number of rotatable bonds is 5. The lowest BCUT2D eigenvalue weighted by molar-refractivity contribution is -0.154. The number of thioether (sulfide) groups is 1. The molecular weight excluding hydrogens is 361 g/mol. The van der Waals surface area contributed by atoms with Crippen LogP contribution in [-0.2, 0) is 20.9 Å². The molecule has 26 heavy (non-hydrogen) atoms. The van der Waals surface area contributed by atoms with E-state index >= 15 is 0 Å². The lowest BCUT2D eigenvalue weighted by atomic mass is 10.2. The molecule has 0 spiro atoms. The molecule has 0 bridgehead atoms. The number of hydrogen-bond donors (Lipinski definition) is 0. The monoisotopic (exact) mass is 379 g/mol. The average Bonchev–Trinajstić information content (AvgIpc) is 3.28. The van der Waals surface area contributed by atoms with E-state index in [2.05, 4.69) is 0 Å². The van der Waals surface area contributed by atoms with Crippen molar-refractivity contribution in [2.75, 3.05) is 12.9 Å². The third-order valence-corrected chi connectivity index (χ3v) is 5.30. The average molecular weight is 379 g/mol. The fourth-order valence-electron chi connectivity index (χ4n) is 2.77. The molecule has 6 nitrogen and oxygen atoms in total. The Morgan fingerprint density at radius 1 is 1.38 bits per heavy atom. The van der Waals surface area contributed by atoms with Crippen LogP contribution in [0, 0.1) is 5.82 Å². The summed E-state index contributed by atoms with van der Waals surface area (Å²) in [4.78, 5) is 26.0. The van der Waals surface area contributed by atoms with Gasteiger partial charge in [-0.15, -0.1) is 11.8 Å². The number of esters is 1. The van der Waals surface area contributed by atoms with E-state index in [0.717, 1.165) is 0 Å². The van der Waals surface area contributed by atoms with Crippen LogP contribution in [-0.4, -0.2) is 35.7 Å². The maximum Gasteiger partial charge on any atom is 0.330 e. The highest BCUT2D eigenvalue weighted by Crippen LogP contribution is 2.41. The summed E-state index contributed by atoms with van der Waals surface area (Å²) in [5.74, 6) is -0.164. The molecule has 0 aliphatic carbocycles. The van der Waals surface area contributed by atoms with Crippen LogP contribution in [0.5, 0.6) is 5.75 Å². The molecule has 1 aliphatic rings. The van der Waals surface area contributed by atoms with E-state index < -0.39 is 17.8 Å². The number of furan rings is 1. The normalized spacial score (nSPS) is 19.4. The first-order chi connectivity index (χ1) is 12.5. The second-order valence-corrected chi connectivity index (χ2v) is 6.83. The van der Waals surface area contributed by atoms with Gasteiger partial charge < -0.3 is 18.8 Å². The van der Waals surface area contributed by atoms with E-state index in [-0.39, 0.29) is 23.6 Å². The zero-order valence-corrected chi connectivity index (χ0v) is 15.1. The van der Waals surface area contributed by atoms with Crippen molar-refractivity contribution in [1.29, 1.82) is 0 Å². The van der Waals surface area contributed by atoms with Gasteiger partial charge in [0.05, 0.1) is 13.4 Å². The highest BCUT2D eigenvalue weighted by atomic mass is 32.2.